The Balaban J connectivity index is 1.77. The van der Waals surface area contributed by atoms with Crippen LogP contribution in [0.25, 0.3) is 0 Å². The molecule has 0 aliphatic carbocycles. The highest BCUT2D eigenvalue weighted by Crippen LogP contribution is 2.31. The molecule has 0 aliphatic rings. The van der Waals surface area contributed by atoms with Gasteiger partial charge in [-0.05, 0) is 38.1 Å². The monoisotopic (exact) mass is 538 g/mol. The van der Waals surface area contributed by atoms with Crippen LogP contribution < -0.4 is 14.8 Å². The summed E-state index contributed by atoms with van der Waals surface area (Å²) >= 11 is 2.46. The van der Waals surface area contributed by atoms with Gasteiger partial charge in [0.15, 0.2) is 16.8 Å². The second-order valence-electron chi connectivity index (χ2n) is 7.29. The van der Waals surface area contributed by atoms with E-state index in [0.717, 1.165) is 16.3 Å². The summed E-state index contributed by atoms with van der Waals surface area (Å²) in [5, 5.41) is 3.03. The van der Waals surface area contributed by atoms with E-state index in [9.17, 15) is 18.4 Å². The lowest BCUT2D eigenvalue weighted by atomic mass is 10.2. The number of amides is 1. The molecular formula is C24H24F2N2O6S2. The average Bonchev–Trinajstić information content (AvgIpc) is 3.27. The van der Waals surface area contributed by atoms with Crippen LogP contribution in [0.3, 0.4) is 0 Å². The minimum absolute atomic E-state index is 0.0468. The Morgan fingerprint density at radius 3 is 2.61 bits per heavy atom. The molecule has 1 N–H and O–H groups in total. The maximum Gasteiger partial charge on any atom is 0.316 e. The molecule has 1 amide bonds. The molecule has 2 aromatic carbocycles. The fourth-order valence-electron chi connectivity index (χ4n) is 2.89. The first-order chi connectivity index (χ1) is 17.3. The summed E-state index contributed by atoms with van der Waals surface area (Å²) in [7, 11) is 1.54. The van der Waals surface area contributed by atoms with Gasteiger partial charge in [0.2, 0.25) is 0 Å². The zero-order chi connectivity index (χ0) is 26.1. The standard InChI is InChI=1S/C24H24F2N2O6S2/c1-4-32-21(29)13-35-22-11-27-24(36-22)28-23(30)15-7-17(33-14(2)12-31-3)9-18(8-15)34-16-5-6-19(25)20(26)10-16/h5-11,14H,4,12-13H2,1-3H3,(H,27,28,30)/t14-/m0/s1. The molecule has 8 nitrogen and oxygen atoms in total. The molecule has 3 aromatic rings. The van der Waals surface area contributed by atoms with Crippen LogP contribution in [0.4, 0.5) is 13.9 Å². The number of anilines is 1. The number of nitrogens with zero attached hydrogens (tertiary/aromatic N) is 1. The summed E-state index contributed by atoms with van der Waals surface area (Å²) in [6.45, 7) is 4.13. The minimum Gasteiger partial charge on any atom is -0.488 e. The first-order valence-electron chi connectivity index (χ1n) is 10.8. The third-order valence-corrected chi connectivity index (χ3v) is 6.43. The molecule has 3 rings (SSSR count). The van der Waals surface area contributed by atoms with Gasteiger partial charge >= 0.3 is 5.97 Å². The highest BCUT2D eigenvalue weighted by Gasteiger charge is 2.16. The van der Waals surface area contributed by atoms with Crippen LogP contribution in [-0.2, 0) is 14.3 Å². The van der Waals surface area contributed by atoms with Crippen molar-refractivity contribution in [2.75, 3.05) is 31.4 Å². The number of ether oxygens (including phenoxy) is 4. The van der Waals surface area contributed by atoms with Gasteiger partial charge in [0.1, 0.15) is 23.4 Å². The predicted molar refractivity (Wildman–Crippen MR) is 132 cm³/mol. The zero-order valence-corrected chi connectivity index (χ0v) is 21.3. The number of carbonyl (C=O) groups is 2. The van der Waals surface area contributed by atoms with Gasteiger partial charge in [-0.15, -0.1) is 11.8 Å². The fraction of sp³-hybridized carbons (Fsp3) is 0.292. The summed E-state index contributed by atoms with van der Waals surface area (Å²) in [5.74, 6) is -2.23. The molecule has 0 unspecified atom stereocenters. The first kappa shape index (κ1) is 27.4. The second kappa shape index (κ2) is 13.2. The Bertz CT molecular complexity index is 1210. The Morgan fingerprint density at radius 2 is 1.89 bits per heavy atom. The lowest BCUT2D eigenvalue weighted by molar-refractivity contribution is -0.139. The van der Waals surface area contributed by atoms with Crippen LogP contribution in [0, 0.1) is 11.6 Å². The summed E-state index contributed by atoms with van der Waals surface area (Å²) in [5.41, 5.74) is 0.186. The van der Waals surface area contributed by atoms with E-state index in [4.69, 9.17) is 18.9 Å². The number of thiazole rings is 1. The van der Waals surface area contributed by atoms with Crippen molar-refractivity contribution in [1.29, 1.82) is 0 Å². The van der Waals surface area contributed by atoms with Gasteiger partial charge in [0, 0.05) is 24.8 Å². The second-order valence-corrected chi connectivity index (χ2v) is 9.59. The van der Waals surface area contributed by atoms with E-state index < -0.39 is 17.5 Å². The normalized spacial score (nSPS) is 11.6. The van der Waals surface area contributed by atoms with Crippen molar-refractivity contribution in [3.05, 3.63) is 59.8 Å². The van der Waals surface area contributed by atoms with Crippen LogP contribution in [0.15, 0.2) is 46.8 Å². The molecule has 0 fully saturated rings. The van der Waals surface area contributed by atoms with Crippen molar-refractivity contribution in [2.24, 2.45) is 0 Å². The highest BCUT2D eigenvalue weighted by atomic mass is 32.2. The summed E-state index contributed by atoms with van der Waals surface area (Å²) in [6, 6.07) is 7.60. The van der Waals surface area contributed by atoms with Crippen LogP contribution in [0.5, 0.6) is 17.2 Å². The fourth-order valence-corrected chi connectivity index (χ4v) is 4.56. The Kier molecular flexibility index (Phi) is 10.0. The third kappa shape index (κ3) is 8.18. The molecule has 0 saturated carbocycles. The number of methoxy groups -OCH3 is 1. The van der Waals surface area contributed by atoms with Crippen molar-refractivity contribution in [1.82, 2.24) is 4.98 Å². The zero-order valence-electron chi connectivity index (χ0n) is 19.7. The molecule has 0 radical (unpaired) electrons. The topological polar surface area (TPSA) is 96.0 Å². The molecule has 1 atom stereocenters. The van der Waals surface area contributed by atoms with Gasteiger partial charge in [-0.25, -0.2) is 13.8 Å². The molecule has 1 heterocycles. The van der Waals surface area contributed by atoms with Gasteiger partial charge < -0.3 is 18.9 Å². The predicted octanol–water partition coefficient (Wildman–Crippen LogP) is 5.53. The number of halogens is 2. The van der Waals surface area contributed by atoms with E-state index in [1.807, 2.05) is 0 Å². The molecule has 0 spiro atoms. The summed E-state index contributed by atoms with van der Waals surface area (Å²) in [6.07, 6.45) is 1.22. The maximum atomic E-state index is 13.6. The van der Waals surface area contributed by atoms with Crippen LogP contribution in [-0.4, -0.2) is 49.0 Å². The van der Waals surface area contributed by atoms with Crippen molar-refractivity contribution in [3.8, 4) is 17.2 Å². The molecule has 1 aromatic heterocycles. The molecule has 36 heavy (non-hydrogen) atoms. The number of hydrogen-bond donors (Lipinski definition) is 1. The number of thioether (sulfide) groups is 1. The lowest BCUT2D eigenvalue weighted by Crippen LogP contribution is -2.18. The number of hydrogen-bond acceptors (Lipinski definition) is 9. The van der Waals surface area contributed by atoms with E-state index in [2.05, 4.69) is 10.3 Å². The molecule has 0 saturated heterocycles. The lowest BCUT2D eigenvalue weighted by Gasteiger charge is -2.16. The number of benzene rings is 2. The van der Waals surface area contributed by atoms with Gasteiger partial charge in [-0.3, -0.25) is 14.9 Å². The van der Waals surface area contributed by atoms with Crippen molar-refractivity contribution in [3.63, 3.8) is 0 Å². The van der Waals surface area contributed by atoms with Crippen LogP contribution in [0.2, 0.25) is 0 Å². The maximum absolute atomic E-state index is 13.6. The van der Waals surface area contributed by atoms with Gasteiger partial charge in [-0.2, -0.15) is 0 Å². The number of nitrogens with one attached hydrogen (secondary N) is 1. The molecule has 192 valence electrons. The van der Waals surface area contributed by atoms with Gasteiger partial charge in [-0.1, -0.05) is 11.3 Å². The number of aromatic nitrogens is 1. The van der Waals surface area contributed by atoms with Crippen molar-refractivity contribution in [2.45, 2.75) is 24.2 Å². The van der Waals surface area contributed by atoms with Crippen LogP contribution in [0.1, 0.15) is 24.2 Å². The molecule has 0 aliphatic heterocycles. The third-order valence-electron chi connectivity index (χ3n) is 4.35. The van der Waals surface area contributed by atoms with E-state index in [1.165, 1.54) is 54.5 Å². The smallest absolute Gasteiger partial charge is 0.316 e. The largest absolute Gasteiger partial charge is 0.488 e. The SMILES string of the molecule is CCOC(=O)CSc1cnc(NC(=O)c2cc(Oc3ccc(F)c(F)c3)cc(O[C@@H](C)COC)c2)s1. The Labute approximate surface area is 214 Å². The summed E-state index contributed by atoms with van der Waals surface area (Å²) in [4.78, 5) is 28.7. The number of rotatable bonds is 12. The minimum atomic E-state index is -1.06. The van der Waals surface area contributed by atoms with E-state index >= 15 is 0 Å². The quantitative estimate of drug-likeness (QED) is 0.237. The average molecular weight is 539 g/mol. The van der Waals surface area contributed by atoms with E-state index in [-0.39, 0.29) is 34.9 Å². The van der Waals surface area contributed by atoms with Gasteiger partial charge in [0.05, 0.1) is 29.4 Å². The summed E-state index contributed by atoms with van der Waals surface area (Å²) < 4.78 is 49.1. The van der Waals surface area contributed by atoms with Gasteiger partial charge in [0.25, 0.3) is 5.91 Å². The van der Waals surface area contributed by atoms with Crippen LogP contribution >= 0.6 is 23.1 Å². The Hall–Kier alpha value is -3.22. The first-order valence-corrected chi connectivity index (χ1v) is 12.6. The van der Waals surface area contributed by atoms with E-state index in [0.29, 0.717) is 24.1 Å². The molecule has 12 heteroatoms. The molecule has 0 bridgehead atoms. The van der Waals surface area contributed by atoms with Crippen molar-refractivity contribution < 1.29 is 37.3 Å². The Morgan fingerprint density at radius 1 is 1.11 bits per heavy atom. The molecular weight excluding hydrogens is 514 g/mol. The van der Waals surface area contributed by atoms with Crippen molar-refractivity contribution >= 4 is 40.1 Å². The highest BCUT2D eigenvalue weighted by molar-refractivity contribution is 8.01. The number of esters is 1. The number of carbonyl (C=O) groups excluding carboxylic acids is 2. The van der Waals surface area contributed by atoms with E-state index in [1.54, 1.807) is 20.0 Å².